The fraction of sp³-hybridized carbons (Fsp3) is 0.417. The quantitative estimate of drug-likeness (QED) is 0.383. The molecule has 2 aromatic rings. The predicted octanol–water partition coefficient (Wildman–Crippen LogP) is 2.46. The number of nitrogens with two attached hydrogens (primary N) is 1. The van der Waals surface area contributed by atoms with E-state index >= 15 is 4.39 Å². The van der Waals surface area contributed by atoms with Gasteiger partial charge in [-0.05, 0) is 57.0 Å². The molecular formula is C24H32FN7S. The molecule has 2 fully saturated rings. The summed E-state index contributed by atoms with van der Waals surface area (Å²) in [4.78, 5) is 9.05. The molecule has 3 N–H and O–H groups in total. The second-order valence-corrected chi connectivity index (χ2v) is 9.20. The Balaban J connectivity index is 1.57. The van der Waals surface area contributed by atoms with E-state index in [0.717, 1.165) is 51.4 Å². The highest BCUT2D eigenvalue weighted by Crippen LogP contribution is 2.33. The second-order valence-electron chi connectivity index (χ2n) is 8.76. The van der Waals surface area contributed by atoms with Crippen LogP contribution in [0.5, 0.6) is 0 Å². The fourth-order valence-electron chi connectivity index (χ4n) is 4.58. The number of thiocarbonyl (C=S) groups is 1. The number of benzene rings is 2. The number of piperazine rings is 1. The third-order valence-corrected chi connectivity index (χ3v) is 6.54. The molecule has 0 bridgehead atoms. The molecule has 0 saturated carbocycles. The normalized spacial score (nSPS) is 19.0. The Morgan fingerprint density at radius 2 is 1.76 bits per heavy atom. The van der Waals surface area contributed by atoms with Crippen LogP contribution in [0.15, 0.2) is 47.6 Å². The van der Waals surface area contributed by atoms with E-state index in [9.17, 15) is 0 Å². The molecule has 0 radical (unpaired) electrons. The number of hydrazone groups is 1. The highest BCUT2D eigenvalue weighted by atomic mass is 32.1. The predicted molar refractivity (Wildman–Crippen MR) is 139 cm³/mol. The number of likely N-dealkylation sites (N-methyl/N-ethyl adjacent to an activating group) is 1. The summed E-state index contributed by atoms with van der Waals surface area (Å²) in [6.07, 6.45) is 2.66. The SMILES string of the molecule is CN(C)[C@@H]1CCN(c2cc(N3CCN(c4ccccc4)CC3)c(F)cc2C=NNC(N)=S)C1. The average molecular weight is 470 g/mol. The van der Waals surface area contributed by atoms with Gasteiger partial charge in [0, 0.05) is 62.2 Å². The number of nitrogens with one attached hydrogen (secondary N) is 1. The minimum Gasteiger partial charge on any atom is -0.375 e. The van der Waals surface area contributed by atoms with Crippen molar-refractivity contribution >= 4 is 40.6 Å². The van der Waals surface area contributed by atoms with Crippen LogP contribution < -0.4 is 25.9 Å². The first-order chi connectivity index (χ1) is 15.9. The summed E-state index contributed by atoms with van der Waals surface area (Å²) in [6, 6.07) is 14.4. The van der Waals surface area contributed by atoms with E-state index in [1.165, 1.54) is 5.69 Å². The van der Waals surface area contributed by atoms with E-state index in [4.69, 9.17) is 18.0 Å². The monoisotopic (exact) mass is 469 g/mol. The molecule has 9 heteroatoms. The topological polar surface area (TPSA) is 63.4 Å². The van der Waals surface area contributed by atoms with Gasteiger partial charge in [-0.2, -0.15) is 5.10 Å². The number of nitrogens with zero attached hydrogens (tertiary/aromatic N) is 5. The van der Waals surface area contributed by atoms with Crippen LogP contribution in [0.3, 0.4) is 0 Å². The maximum absolute atomic E-state index is 15.3. The standard InChI is InChI=1S/C24H32FN7S/c1-29(2)20-8-9-32(17-20)22-15-23(21(25)14-18(22)16-27-28-24(26)33)31-12-10-30(11-13-31)19-6-4-3-5-7-19/h3-7,14-16,20H,8-13,17H2,1-2H3,(H3,26,28,33)/t20-/m1/s1. The molecule has 2 heterocycles. The first kappa shape index (κ1) is 23.3. The van der Waals surface area contributed by atoms with Crippen molar-refractivity contribution < 1.29 is 4.39 Å². The van der Waals surface area contributed by atoms with E-state index in [1.54, 1.807) is 12.3 Å². The molecule has 0 unspecified atom stereocenters. The lowest BCUT2D eigenvalue weighted by atomic mass is 10.1. The summed E-state index contributed by atoms with van der Waals surface area (Å²) in [5.41, 5.74) is 11.6. The van der Waals surface area contributed by atoms with Gasteiger partial charge >= 0.3 is 0 Å². The number of rotatable bonds is 6. The van der Waals surface area contributed by atoms with Crippen molar-refractivity contribution in [2.45, 2.75) is 12.5 Å². The Morgan fingerprint density at radius 1 is 1.06 bits per heavy atom. The molecule has 2 aliphatic rings. The van der Waals surface area contributed by atoms with E-state index in [2.05, 4.69) is 68.5 Å². The number of anilines is 3. The number of hydrogen-bond acceptors (Lipinski definition) is 6. The van der Waals surface area contributed by atoms with Crippen molar-refractivity contribution in [3.63, 3.8) is 0 Å². The van der Waals surface area contributed by atoms with Crippen molar-refractivity contribution in [2.24, 2.45) is 10.8 Å². The second kappa shape index (κ2) is 10.4. The largest absolute Gasteiger partial charge is 0.375 e. The molecular weight excluding hydrogens is 437 g/mol. The zero-order chi connectivity index (χ0) is 23.4. The summed E-state index contributed by atoms with van der Waals surface area (Å²) in [7, 11) is 4.20. The first-order valence-electron chi connectivity index (χ1n) is 11.3. The van der Waals surface area contributed by atoms with Crippen LogP contribution in [0.1, 0.15) is 12.0 Å². The third kappa shape index (κ3) is 5.54. The van der Waals surface area contributed by atoms with Gasteiger partial charge in [0.25, 0.3) is 0 Å². The van der Waals surface area contributed by atoms with E-state index in [0.29, 0.717) is 17.3 Å². The first-order valence-corrected chi connectivity index (χ1v) is 11.7. The molecule has 0 aromatic heterocycles. The molecule has 1 atom stereocenters. The molecule has 2 aromatic carbocycles. The van der Waals surface area contributed by atoms with Crippen molar-refractivity contribution in [3.05, 3.63) is 53.8 Å². The van der Waals surface area contributed by atoms with Gasteiger partial charge in [-0.3, -0.25) is 5.43 Å². The highest BCUT2D eigenvalue weighted by Gasteiger charge is 2.28. The van der Waals surface area contributed by atoms with E-state index in [1.807, 2.05) is 12.1 Å². The number of hydrogen-bond donors (Lipinski definition) is 2. The summed E-state index contributed by atoms with van der Waals surface area (Å²) >= 11 is 4.82. The van der Waals surface area contributed by atoms with Crippen LogP contribution in [0.2, 0.25) is 0 Å². The maximum Gasteiger partial charge on any atom is 0.184 e. The summed E-state index contributed by atoms with van der Waals surface area (Å²) in [5.74, 6) is -0.243. The maximum atomic E-state index is 15.3. The molecule has 2 aliphatic heterocycles. The lowest BCUT2D eigenvalue weighted by molar-refractivity contribution is 0.315. The van der Waals surface area contributed by atoms with Gasteiger partial charge in [0.05, 0.1) is 11.9 Å². The molecule has 0 spiro atoms. The Labute approximate surface area is 200 Å². The summed E-state index contributed by atoms with van der Waals surface area (Å²) in [6.45, 7) is 5.05. The van der Waals surface area contributed by atoms with Crippen molar-refractivity contribution in [1.82, 2.24) is 10.3 Å². The minimum atomic E-state index is -0.243. The van der Waals surface area contributed by atoms with Gasteiger partial charge in [0.2, 0.25) is 0 Å². The van der Waals surface area contributed by atoms with Crippen molar-refractivity contribution in [1.29, 1.82) is 0 Å². The van der Waals surface area contributed by atoms with Crippen LogP contribution >= 0.6 is 12.2 Å². The van der Waals surface area contributed by atoms with Crippen LogP contribution in [0, 0.1) is 5.82 Å². The van der Waals surface area contributed by atoms with Crippen LogP contribution in [-0.2, 0) is 0 Å². The van der Waals surface area contributed by atoms with E-state index in [-0.39, 0.29) is 10.9 Å². The molecule has 0 aliphatic carbocycles. The third-order valence-electron chi connectivity index (χ3n) is 6.45. The Bertz CT molecular complexity index is 990. The molecule has 33 heavy (non-hydrogen) atoms. The molecule has 2 saturated heterocycles. The van der Waals surface area contributed by atoms with E-state index < -0.39 is 0 Å². The average Bonchev–Trinajstić information content (AvgIpc) is 3.30. The number of para-hydroxylation sites is 1. The van der Waals surface area contributed by atoms with Crippen LogP contribution in [0.4, 0.5) is 21.5 Å². The fourth-order valence-corrected chi connectivity index (χ4v) is 4.63. The van der Waals surface area contributed by atoms with Gasteiger partial charge in [-0.15, -0.1) is 0 Å². The zero-order valence-electron chi connectivity index (χ0n) is 19.2. The molecule has 7 nitrogen and oxygen atoms in total. The van der Waals surface area contributed by atoms with Gasteiger partial charge in [-0.1, -0.05) is 18.2 Å². The van der Waals surface area contributed by atoms with Gasteiger partial charge in [0.15, 0.2) is 5.11 Å². The van der Waals surface area contributed by atoms with Crippen molar-refractivity contribution in [3.8, 4) is 0 Å². The van der Waals surface area contributed by atoms with Crippen molar-refractivity contribution in [2.75, 3.05) is 68.1 Å². The summed E-state index contributed by atoms with van der Waals surface area (Å²) < 4.78 is 15.3. The zero-order valence-corrected chi connectivity index (χ0v) is 20.1. The van der Waals surface area contributed by atoms with Crippen LogP contribution in [-0.4, -0.2) is 75.6 Å². The molecule has 176 valence electrons. The van der Waals surface area contributed by atoms with Gasteiger partial charge < -0.3 is 25.3 Å². The van der Waals surface area contributed by atoms with Gasteiger partial charge in [-0.25, -0.2) is 4.39 Å². The lowest BCUT2D eigenvalue weighted by Crippen LogP contribution is -2.46. The van der Waals surface area contributed by atoms with Crippen LogP contribution in [0.25, 0.3) is 0 Å². The Morgan fingerprint density at radius 3 is 2.39 bits per heavy atom. The summed E-state index contributed by atoms with van der Waals surface area (Å²) in [5, 5.41) is 4.17. The smallest absolute Gasteiger partial charge is 0.184 e. The minimum absolute atomic E-state index is 0.0787. The lowest BCUT2D eigenvalue weighted by Gasteiger charge is -2.38. The highest BCUT2D eigenvalue weighted by molar-refractivity contribution is 7.80. The number of halogens is 1. The Hall–Kier alpha value is -2.91. The Kier molecular flexibility index (Phi) is 7.29. The molecule has 0 amide bonds. The van der Waals surface area contributed by atoms with Gasteiger partial charge in [0.1, 0.15) is 5.82 Å². The molecule has 4 rings (SSSR count).